The molecule has 1 unspecified atom stereocenters. The molecule has 1 aromatic heterocycles. The summed E-state index contributed by atoms with van der Waals surface area (Å²) < 4.78 is 11.9. The average molecular weight is 463 g/mol. The van der Waals surface area contributed by atoms with E-state index in [0.29, 0.717) is 41.1 Å². The van der Waals surface area contributed by atoms with Gasteiger partial charge in [0.2, 0.25) is 5.76 Å². The van der Waals surface area contributed by atoms with Crippen molar-refractivity contribution in [2.24, 2.45) is 0 Å². The molecule has 0 bridgehead atoms. The van der Waals surface area contributed by atoms with Crippen LogP contribution in [0.15, 0.2) is 56.1 Å². The van der Waals surface area contributed by atoms with Gasteiger partial charge in [-0.15, -0.1) is 0 Å². The van der Waals surface area contributed by atoms with Gasteiger partial charge in [-0.05, 0) is 42.3 Å². The monoisotopic (exact) mass is 461 g/mol. The number of nitrogens with zero attached hydrogens (tertiary/aromatic N) is 1. The summed E-state index contributed by atoms with van der Waals surface area (Å²) in [4.78, 5) is 28.1. The summed E-state index contributed by atoms with van der Waals surface area (Å²) in [6, 6.07) is 11.9. The minimum atomic E-state index is -0.507. The van der Waals surface area contributed by atoms with Gasteiger partial charge in [-0.2, -0.15) is 0 Å². The van der Waals surface area contributed by atoms with Crippen LogP contribution in [0.5, 0.6) is 0 Å². The van der Waals surface area contributed by atoms with Crippen molar-refractivity contribution in [1.82, 2.24) is 4.90 Å². The summed E-state index contributed by atoms with van der Waals surface area (Å²) >= 11 is 9.50. The third-order valence-corrected chi connectivity index (χ3v) is 5.62. The van der Waals surface area contributed by atoms with Crippen molar-refractivity contribution in [1.29, 1.82) is 0 Å². The SMILES string of the molecule is COCCCN1C(=O)c2oc3ccc(Cl)cc3c(=O)c2C1c1ccc(Br)cc1. The molecule has 1 amide bonds. The highest BCUT2D eigenvalue weighted by Crippen LogP contribution is 2.38. The minimum Gasteiger partial charge on any atom is -0.450 e. The Morgan fingerprint density at radius 2 is 1.93 bits per heavy atom. The summed E-state index contributed by atoms with van der Waals surface area (Å²) in [5, 5.41) is 0.820. The smallest absolute Gasteiger partial charge is 0.290 e. The number of hydrogen-bond acceptors (Lipinski definition) is 4. The number of hydrogen-bond donors (Lipinski definition) is 0. The summed E-state index contributed by atoms with van der Waals surface area (Å²) in [5.74, 6) is -0.182. The molecule has 4 rings (SSSR count). The van der Waals surface area contributed by atoms with Gasteiger partial charge in [-0.25, -0.2) is 0 Å². The van der Waals surface area contributed by atoms with Gasteiger partial charge in [-0.3, -0.25) is 9.59 Å². The second kappa shape index (κ2) is 7.70. The van der Waals surface area contributed by atoms with E-state index in [4.69, 9.17) is 20.8 Å². The van der Waals surface area contributed by atoms with Gasteiger partial charge in [0.15, 0.2) is 5.43 Å². The molecule has 0 radical (unpaired) electrons. The first-order valence-corrected chi connectivity index (χ1v) is 10.00. The van der Waals surface area contributed by atoms with E-state index in [9.17, 15) is 9.59 Å². The fourth-order valence-electron chi connectivity index (χ4n) is 3.59. The Morgan fingerprint density at radius 3 is 2.64 bits per heavy atom. The molecule has 2 heterocycles. The molecule has 1 aliphatic heterocycles. The van der Waals surface area contributed by atoms with E-state index in [0.717, 1.165) is 10.0 Å². The molecule has 3 aromatic rings. The van der Waals surface area contributed by atoms with Crippen LogP contribution in [-0.4, -0.2) is 31.1 Å². The first kappa shape index (κ1) is 19.2. The lowest BCUT2D eigenvalue weighted by molar-refractivity contribution is 0.0708. The number of methoxy groups -OCH3 is 1. The predicted octanol–water partition coefficient (Wildman–Crippen LogP) is 4.79. The Balaban J connectivity index is 1.92. The van der Waals surface area contributed by atoms with E-state index in [2.05, 4.69) is 15.9 Å². The zero-order valence-corrected chi connectivity index (χ0v) is 17.4. The molecule has 144 valence electrons. The molecule has 28 heavy (non-hydrogen) atoms. The van der Waals surface area contributed by atoms with E-state index < -0.39 is 6.04 Å². The highest BCUT2D eigenvalue weighted by Gasteiger charge is 2.42. The van der Waals surface area contributed by atoms with Gasteiger partial charge in [-0.1, -0.05) is 39.7 Å². The first-order chi connectivity index (χ1) is 13.5. The van der Waals surface area contributed by atoms with Gasteiger partial charge in [0.05, 0.1) is 17.0 Å². The van der Waals surface area contributed by atoms with E-state index in [1.165, 1.54) is 0 Å². The van der Waals surface area contributed by atoms with Crippen LogP contribution in [-0.2, 0) is 4.74 Å². The maximum Gasteiger partial charge on any atom is 0.290 e. The Morgan fingerprint density at radius 1 is 1.18 bits per heavy atom. The van der Waals surface area contributed by atoms with Crippen molar-refractivity contribution in [2.45, 2.75) is 12.5 Å². The molecule has 7 heteroatoms. The highest BCUT2D eigenvalue weighted by atomic mass is 79.9. The molecule has 1 aliphatic rings. The molecule has 1 atom stereocenters. The van der Waals surface area contributed by atoms with Crippen molar-refractivity contribution in [3.8, 4) is 0 Å². The van der Waals surface area contributed by atoms with E-state index >= 15 is 0 Å². The molecule has 0 saturated heterocycles. The topological polar surface area (TPSA) is 59.8 Å². The van der Waals surface area contributed by atoms with Crippen LogP contribution in [0.2, 0.25) is 5.02 Å². The number of carbonyl (C=O) groups excluding carboxylic acids is 1. The second-order valence-electron chi connectivity index (χ2n) is 6.61. The lowest BCUT2D eigenvalue weighted by atomic mass is 9.98. The summed E-state index contributed by atoms with van der Waals surface area (Å²) in [6.07, 6.45) is 0.656. The van der Waals surface area contributed by atoms with E-state index in [1.54, 1.807) is 30.2 Å². The fraction of sp³-hybridized carbons (Fsp3) is 0.238. The minimum absolute atomic E-state index is 0.102. The molecule has 0 saturated carbocycles. The zero-order valence-electron chi connectivity index (χ0n) is 15.1. The van der Waals surface area contributed by atoms with Crippen LogP contribution in [0, 0.1) is 0 Å². The number of ether oxygens (including phenoxy) is 1. The van der Waals surface area contributed by atoms with Gasteiger partial charge in [0, 0.05) is 29.8 Å². The van der Waals surface area contributed by atoms with Crippen LogP contribution in [0.4, 0.5) is 0 Å². The lowest BCUT2D eigenvalue weighted by Gasteiger charge is -2.25. The maximum absolute atomic E-state index is 13.3. The molecule has 0 fully saturated rings. The van der Waals surface area contributed by atoms with Crippen molar-refractivity contribution < 1.29 is 13.9 Å². The number of halogens is 2. The normalized spacial score (nSPS) is 16.0. The zero-order chi connectivity index (χ0) is 19.8. The van der Waals surface area contributed by atoms with Gasteiger partial charge in [0.25, 0.3) is 5.91 Å². The van der Waals surface area contributed by atoms with Crippen molar-refractivity contribution in [3.63, 3.8) is 0 Å². The predicted molar refractivity (Wildman–Crippen MR) is 111 cm³/mol. The number of rotatable bonds is 5. The van der Waals surface area contributed by atoms with Gasteiger partial charge >= 0.3 is 0 Å². The third-order valence-electron chi connectivity index (χ3n) is 4.86. The Labute approximate surface area is 175 Å². The Bertz CT molecular complexity index is 1110. The number of carbonyl (C=O) groups is 1. The first-order valence-electron chi connectivity index (χ1n) is 8.83. The van der Waals surface area contributed by atoms with Gasteiger partial charge in [0.1, 0.15) is 5.58 Å². The summed E-state index contributed by atoms with van der Waals surface area (Å²) in [6.45, 7) is 0.973. The van der Waals surface area contributed by atoms with Crippen LogP contribution >= 0.6 is 27.5 Å². The molecular formula is C21H17BrClNO4. The quantitative estimate of drug-likeness (QED) is 0.512. The number of amides is 1. The molecule has 5 nitrogen and oxygen atoms in total. The molecule has 0 spiro atoms. The van der Waals surface area contributed by atoms with Crippen molar-refractivity contribution in [3.05, 3.63) is 79.1 Å². The molecule has 0 aliphatic carbocycles. The van der Waals surface area contributed by atoms with Crippen LogP contribution in [0.3, 0.4) is 0 Å². The molecule has 0 N–H and O–H groups in total. The Kier molecular flexibility index (Phi) is 5.27. The van der Waals surface area contributed by atoms with Crippen molar-refractivity contribution >= 4 is 44.4 Å². The average Bonchev–Trinajstić information content (AvgIpc) is 2.96. The Hall–Kier alpha value is -2.15. The van der Waals surface area contributed by atoms with Crippen LogP contribution < -0.4 is 5.43 Å². The van der Waals surface area contributed by atoms with Crippen molar-refractivity contribution in [2.75, 3.05) is 20.3 Å². The lowest BCUT2D eigenvalue weighted by Crippen LogP contribution is -2.31. The molecular weight excluding hydrogens is 446 g/mol. The molecule has 2 aromatic carbocycles. The summed E-state index contributed by atoms with van der Waals surface area (Å²) in [7, 11) is 1.62. The number of benzene rings is 2. The van der Waals surface area contributed by atoms with Crippen LogP contribution in [0.1, 0.15) is 34.1 Å². The van der Waals surface area contributed by atoms with Gasteiger partial charge < -0.3 is 14.1 Å². The second-order valence-corrected chi connectivity index (χ2v) is 7.97. The largest absolute Gasteiger partial charge is 0.450 e. The third kappa shape index (κ3) is 3.26. The fourth-order valence-corrected chi connectivity index (χ4v) is 4.03. The standard InChI is InChI=1S/C21H17BrClNO4/c1-27-10-2-9-24-18(12-3-5-13(22)6-4-12)17-19(25)15-11-14(23)7-8-16(15)28-20(17)21(24)26/h3-8,11,18H,2,9-10H2,1H3. The maximum atomic E-state index is 13.3. The highest BCUT2D eigenvalue weighted by molar-refractivity contribution is 9.10. The van der Waals surface area contributed by atoms with E-state index in [1.807, 2.05) is 24.3 Å². The summed E-state index contributed by atoms with van der Waals surface area (Å²) in [5.41, 5.74) is 1.34. The number of fused-ring (bicyclic) bond motifs is 2. The van der Waals surface area contributed by atoms with Crippen LogP contribution in [0.25, 0.3) is 11.0 Å². The van der Waals surface area contributed by atoms with E-state index in [-0.39, 0.29) is 17.1 Å².